The lowest BCUT2D eigenvalue weighted by Crippen LogP contribution is -2.41. The van der Waals surface area contributed by atoms with Gasteiger partial charge in [0.2, 0.25) is 0 Å². The summed E-state index contributed by atoms with van der Waals surface area (Å²) >= 11 is 0. The highest BCUT2D eigenvalue weighted by Crippen LogP contribution is 2.41. The van der Waals surface area contributed by atoms with Crippen molar-refractivity contribution in [3.05, 3.63) is 46.2 Å². The molecule has 0 amide bonds. The Bertz CT molecular complexity index is 596. The van der Waals surface area contributed by atoms with Crippen molar-refractivity contribution in [3.63, 3.8) is 0 Å². The maximum Gasteiger partial charge on any atom is 0.176 e. The van der Waals surface area contributed by atoms with Crippen LogP contribution in [0.15, 0.2) is 46.2 Å². The molecule has 0 saturated carbocycles. The molecule has 0 aliphatic heterocycles. The molecule has 1 N–H and O–H groups in total. The van der Waals surface area contributed by atoms with Gasteiger partial charge in [0.25, 0.3) is 0 Å². The number of ether oxygens (including phenoxy) is 1. The summed E-state index contributed by atoms with van der Waals surface area (Å²) in [5.41, 5.74) is 5.69. The maximum absolute atomic E-state index is 5.23. The van der Waals surface area contributed by atoms with E-state index >= 15 is 0 Å². The van der Waals surface area contributed by atoms with Crippen LogP contribution in [0.25, 0.3) is 0 Å². The van der Waals surface area contributed by atoms with Gasteiger partial charge >= 0.3 is 0 Å². The second-order valence-corrected chi connectivity index (χ2v) is 10.6. The second kappa shape index (κ2) is 5.72. The lowest BCUT2D eigenvalue weighted by Gasteiger charge is -2.31. The Kier molecular flexibility index (Phi) is 4.33. The van der Waals surface area contributed by atoms with Crippen molar-refractivity contribution in [1.82, 2.24) is 0 Å². The summed E-state index contributed by atoms with van der Waals surface area (Å²) in [7, 11) is -0.000166. The fourth-order valence-electron chi connectivity index (χ4n) is 3.48. The van der Waals surface area contributed by atoms with Crippen LogP contribution in [-0.4, -0.2) is 15.3 Å². The van der Waals surface area contributed by atoms with E-state index in [-0.39, 0.29) is 0 Å². The summed E-state index contributed by atoms with van der Waals surface area (Å²) in [6.07, 6.45) is 0. The quantitative estimate of drug-likeness (QED) is 0.776. The molecule has 0 fully saturated rings. The number of hydrogen-bond donors (Lipinski definition) is 1. The van der Waals surface area contributed by atoms with Crippen molar-refractivity contribution in [3.8, 4) is 5.75 Å². The van der Waals surface area contributed by atoms with Crippen LogP contribution in [0, 0.1) is 5.92 Å². The Balaban J connectivity index is 2.26. The van der Waals surface area contributed by atoms with E-state index in [2.05, 4.69) is 57.9 Å². The Morgan fingerprint density at radius 2 is 1.57 bits per heavy atom. The third kappa shape index (κ3) is 2.93. The predicted molar refractivity (Wildman–Crippen MR) is 94.3 cm³/mol. The maximum atomic E-state index is 5.23. The molecule has 21 heavy (non-hydrogen) atoms. The third-order valence-electron chi connectivity index (χ3n) is 4.86. The van der Waals surface area contributed by atoms with Crippen molar-refractivity contribution < 1.29 is 4.74 Å². The summed E-state index contributed by atoms with van der Waals surface area (Å²) in [5, 5.41) is 1.63. The van der Waals surface area contributed by atoms with Crippen LogP contribution in [-0.2, 0) is 0 Å². The monoisotopic (exact) mass is 301 g/mol. The second-order valence-electron chi connectivity index (χ2n) is 6.55. The number of rotatable bonds is 4. The molecule has 0 heterocycles. The minimum absolute atomic E-state index is 0.567. The minimum atomic E-state index is -1.70. The standard InChI is InChI=1S/C18H27NOSi/c1-12-13(2)15(4)18(14(12)3)21(6,7)19-16-8-10-17(20-5)11-9-16/h8-11,14,19H,1-7H3. The fraction of sp³-hybridized carbons (Fsp3) is 0.444. The molecule has 0 bridgehead atoms. The molecule has 0 radical (unpaired) electrons. The molecular weight excluding hydrogens is 274 g/mol. The number of anilines is 1. The van der Waals surface area contributed by atoms with Crippen molar-refractivity contribution >= 4 is 13.9 Å². The smallest absolute Gasteiger partial charge is 0.176 e. The average Bonchev–Trinajstić information content (AvgIpc) is 2.63. The van der Waals surface area contributed by atoms with Crippen LogP contribution < -0.4 is 9.72 Å². The molecule has 1 aromatic rings. The van der Waals surface area contributed by atoms with Crippen molar-refractivity contribution in [2.45, 2.75) is 40.8 Å². The van der Waals surface area contributed by atoms with E-state index < -0.39 is 8.24 Å². The number of benzene rings is 1. The molecule has 1 unspecified atom stereocenters. The summed E-state index contributed by atoms with van der Waals surface area (Å²) < 4.78 is 5.23. The SMILES string of the molecule is COc1ccc(N[Si](C)(C)C2=C(C)C(C)=C(C)C2C)cc1. The predicted octanol–water partition coefficient (Wildman–Crippen LogP) is 5.15. The molecule has 1 aliphatic rings. The van der Waals surface area contributed by atoms with Gasteiger partial charge in [-0.15, -0.1) is 0 Å². The van der Waals surface area contributed by atoms with Gasteiger partial charge in [-0.2, -0.15) is 0 Å². The Morgan fingerprint density at radius 1 is 1.00 bits per heavy atom. The summed E-state index contributed by atoms with van der Waals surface area (Å²) in [4.78, 5) is 3.81. The van der Waals surface area contributed by atoms with Crippen molar-refractivity contribution in [1.29, 1.82) is 0 Å². The van der Waals surface area contributed by atoms with E-state index in [0.717, 1.165) is 5.75 Å². The van der Waals surface area contributed by atoms with E-state index in [4.69, 9.17) is 4.74 Å². The first-order chi connectivity index (χ1) is 9.77. The lowest BCUT2D eigenvalue weighted by molar-refractivity contribution is 0.415. The molecule has 0 saturated heterocycles. The van der Waals surface area contributed by atoms with Gasteiger partial charge in [-0.3, -0.25) is 0 Å². The normalized spacial score (nSPS) is 19.3. The largest absolute Gasteiger partial charge is 0.497 e. The zero-order valence-corrected chi connectivity index (χ0v) is 15.3. The van der Waals surface area contributed by atoms with E-state index in [1.807, 2.05) is 12.1 Å². The number of hydrogen-bond acceptors (Lipinski definition) is 2. The number of allylic oxidation sites excluding steroid dienone is 4. The van der Waals surface area contributed by atoms with Gasteiger partial charge in [0, 0.05) is 5.69 Å². The van der Waals surface area contributed by atoms with Gasteiger partial charge in [0.05, 0.1) is 7.11 Å². The van der Waals surface area contributed by atoms with E-state index in [1.54, 1.807) is 12.3 Å². The highest BCUT2D eigenvalue weighted by molar-refractivity contribution is 6.87. The first-order valence-electron chi connectivity index (χ1n) is 7.59. The van der Waals surface area contributed by atoms with Gasteiger partial charge in [-0.05, 0) is 69.6 Å². The van der Waals surface area contributed by atoms with Gasteiger partial charge in [0.15, 0.2) is 8.24 Å². The molecule has 2 nitrogen and oxygen atoms in total. The first kappa shape index (κ1) is 15.9. The molecular formula is C18H27NOSi. The molecule has 2 rings (SSSR count). The third-order valence-corrected chi connectivity index (χ3v) is 7.93. The average molecular weight is 302 g/mol. The van der Waals surface area contributed by atoms with E-state index in [0.29, 0.717) is 5.92 Å². The van der Waals surface area contributed by atoms with Crippen molar-refractivity contribution in [2.24, 2.45) is 5.92 Å². The van der Waals surface area contributed by atoms with E-state index in [9.17, 15) is 0 Å². The summed E-state index contributed by atoms with van der Waals surface area (Å²) in [6, 6.07) is 8.24. The Hall–Kier alpha value is -1.48. The Labute approximate surface area is 130 Å². The molecule has 1 aliphatic carbocycles. The number of nitrogens with one attached hydrogen (secondary N) is 1. The van der Waals surface area contributed by atoms with Crippen LogP contribution in [0.4, 0.5) is 5.69 Å². The van der Waals surface area contributed by atoms with E-state index in [1.165, 1.54) is 22.4 Å². The van der Waals surface area contributed by atoms with Crippen LogP contribution in [0.3, 0.4) is 0 Å². The van der Waals surface area contributed by atoms with Gasteiger partial charge < -0.3 is 9.72 Å². The highest BCUT2D eigenvalue weighted by Gasteiger charge is 2.36. The number of methoxy groups -OCH3 is 1. The fourth-order valence-corrected chi connectivity index (χ4v) is 6.92. The van der Waals surface area contributed by atoms with Crippen molar-refractivity contribution in [2.75, 3.05) is 12.1 Å². The molecule has 0 aromatic heterocycles. The van der Waals surface area contributed by atoms with Gasteiger partial charge in [-0.1, -0.05) is 23.3 Å². The Morgan fingerprint density at radius 3 is 2.00 bits per heavy atom. The lowest BCUT2D eigenvalue weighted by atomic mass is 10.1. The van der Waals surface area contributed by atoms with Crippen LogP contribution in [0.5, 0.6) is 5.75 Å². The highest BCUT2D eigenvalue weighted by atomic mass is 28.3. The van der Waals surface area contributed by atoms with Crippen LogP contribution >= 0.6 is 0 Å². The molecule has 1 aromatic carbocycles. The van der Waals surface area contributed by atoms with Crippen LogP contribution in [0.1, 0.15) is 27.7 Å². The zero-order valence-electron chi connectivity index (χ0n) is 14.3. The van der Waals surface area contributed by atoms with Gasteiger partial charge in [0.1, 0.15) is 5.75 Å². The molecule has 3 heteroatoms. The minimum Gasteiger partial charge on any atom is -0.497 e. The zero-order chi connectivity index (χ0) is 15.8. The first-order valence-corrected chi connectivity index (χ1v) is 10.6. The van der Waals surface area contributed by atoms with Gasteiger partial charge in [-0.25, -0.2) is 0 Å². The van der Waals surface area contributed by atoms with Crippen LogP contribution in [0.2, 0.25) is 13.1 Å². The summed E-state index contributed by atoms with van der Waals surface area (Å²) in [5.74, 6) is 1.47. The molecule has 1 atom stereocenters. The summed E-state index contributed by atoms with van der Waals surface area (Å²) in [6.45, 7) is 14.0. The molecule has 0 spiro atoms. The topological polar surface area (TPSA) is 21.3 Å². The molecule has 114 valence electrons.